The molecule has 0 aliphatic rings. The zero-order valence-corrected chi connectivity index (χ0v) is 7.89. The summed E-state index contributed by atoms with van der Waals surface area (Å²) in [5.41, 5.74) is 6.06. The minimum absolute atomic E-state index is 0.281. The molecular formula is C6H10F2N4S. The molecule has 0 saturated heterocycles. The summed E-state index contributed by atoms with van der Waals surface area (Å²) >= 11 is 1.07. The van der Waals surface area contributed by atoms with E-state index in [9.17, 15) is 8.78 Å². The predicted octanol–water partition coefficient (Wildman–Crippen LogP) is 0.817. The molecule has 1 aromatic rings. The van der Waals surface area contributed by atoms with Crippen molar-refractivity contribution in [2.45, 2.75) is 13.0 Å². The SMILES string of the molecule is CN(Cc1nnsc1N)CC(F)F. The van der Waals surface area contributed by atoms with Crippen LogP contribution in [0.4, 0.5) is 13.8 Å². The van der Waals surface area contributed by atoms with Gasteiger partial charge in [-0.05, 0) is 7.05 Å². The van der Waals surface area contributed by atoms with Crippen LogP contribution >= 0.6 is 11.5 Å². The molecule has 7 heteroatoms. The molecule has 0 aliphatic carbocycles. The Hall–Kier alpha value is -0.820. The maximum Gasteiger partial charge on any atom is 0.251 e. The summed E-state index contributed by atoms with van der Waals surface area (Å²) in [7, 11) is 1.59. The molecule has 0 bridgehead atoms. The molecule has 13 heavy (non-hydrogen) atoms. The smallest absolute Gasteiger partial charge is 0.251 e. The van der Waals surface area contributed by atoms with Crippen LogP contribution in [-0.4, -0.2) is 34.5 Å². The monoisotopic (exact) mass is 208 g/mol. The van der Waals surface area contributed by atoms with Crippen LogP contribution in [0.5, 0.6) is 0 Å². The topological polar surface area (TPSA) is 55.0 Å². The number of nitrogen functional groups attached to an aromatic ring is 1. The molecule has 0 aromatic carbocycles. The molecule has 74 valence electrons. The molecule has 0 amide bonds. The van der Waals surface area contributed by atoms with Gasteiger partial charge in [0.2, 0.25) is 0 Å². The van der Waals surface area contributed by atoms with Gasteiger partial charge in [-0.3, -0.25) is 4.90 Å². The van der Waals surface area contributed by atoms with E-state index in [1.54, 1.807) is 7.05 Å². The Kier molecular flexibility index (Phi) is 3.49. The number of anilines is 1. The standard InChI is InChI=1S/C6H10F2N4S/c1-12(3-5(7)8)2-4-6(9)13-11-10-4/h5H,2-3,9H2,1H3. The number of hydrogen-bond donors (Lipinski definition) is 1. The van der Waals surface area contributed by atoms with Crippen molar-refractivity contribution in [3.8, 4) is 0 Å². The van der Waals surface area contributed by atoms with Crippen LogP contribution in [0.3, 0.4) is 0 Å². The van der Waals surface area contributed by atoms with E-state index in [4.69, 9.17) is 5.73 Å². The van der Waals surface area contributed by atoms with Gasteiger partial charge in [0.15, 0.2) is 0 Å². The Morgan fingerprint density at radius 3 is 2.77 bits per heavy atom. The van der Waals surface area contributed by atoms with Gasteiger partial charge >= 0.3 is 0 Å². The number of alkyl halides is 2. The largest absolute Gasteiger partial charge is 0.388 e. The van der Waals surface area contributed by atoms with E-state index in [0.717, 1.165) is 11.5 Å². The minimum Gasteiger partial charge on any atom is -0.388 e. The first-order valence-corrected chi connectivity index (χ1v) is 4.40. The molecule has 0 spiro atoms. The Labute approximate surface area is 78.5 Å². The van der Waals surface area contributed by atoms with Gasteiger partial charge in [0.1, 0.15) is 10.7 Å². The lowest BCUT2D eigenvalue weighted by molar-refractivity contribution is 0.0971. The number of nitrogens with two attached hydrogens (primary N) is 1. The average Bonchev–Trinajstić information content (AvgIpc) is 2.34. The highest BCUT2D eigenvalue weighted by molar-refractivity contribution is 7.09. The summed E-state index contributed by atoms with van der Waals surface area (Å²) in [6, 6.07) is 0. The maximum absolute atomic E-state index is 11.9. The normalized spacial score (nSPS) is 11.5. The first-order valence-electron chi connectivity index (χ1n) is 3.63. The van der Waals surface area contributed by atoms with Crippen LogP contribution in [0, 0.1) is 0 Å². The second-order valence-electron chi connectivity index (χ2n) is 2.67. The van der Waals surface area contributed by atoms with Crippen LogP contribution in [0.1, 0.15) is 5.69 Å². The molecule has 1 heterocycles. The lowest BCUT2D eigenvalue weighted by Gasteiger charge is -2.13. The first kappa shape index (κ1) is 10.3. The molecule has 2 N–H and O–H groups in total. The van der Waals surface area contributed by atoms with Gasteiger partial charge in [0, 0.05) is 18.1 Å². The van der Waals surface area contributed by atoms with Gasteiger partial charge in [-0.2, -0.15) is 0 Å². The quantitative estimate of drug-likeness (QED) is 0.795. The highest BCUT2D eigenvalue weighted by Gasteiger charge is 2.11. The van der Waals surface area contributed by atoms with Crippen LogP contribution in [-0.2, 0) is 6.54 Å². The second-order valence-corrected chi connectivity index (χ2v) is 3.46. The number of aromatic nitrogens is 2. The number of hydrogen-bond acceptors (Lipinski definition) is 5. The van der Waals surface area contributed by atoms with Gasteiger partial charge in [-0.15, -0.1) is 5.10 Å². The van der Waals surface area contributed by atoms with Gasteiger partial charge < -0.3 is 5.73 Å². The Morgan fingerprint density at radius 2 is 2.31 bits per heavy atom. The van der Waals surface area contributed by atoms with Crippen LogP contribution in [0.15, 0.2) is 0 Å². The number of halogens is 2. The fourth-order valence-electron chi connectivity index (χ4n) is 0.881. The third-order valence-corrected chi connectivity index (χ3v) is 2.05. The van der Waals surface area contributed by atoms with Crippen LogP contribution in [0.25, 0.3) is 0 Å². The van der Waals surface area contributed by atoms with Gasteiger partial charge in [0.25, 0.3) is 6.43 Å². The zero-order valence-electron chi connectivity index (χ0n) is 7.07. The highest BCUT2D eigenvalue weighted by atomic mass is 32.1. The van der Waals surface area contributed by atoms with Crippen molar-refractivity contribution in [1.82, 2.24) is 14.5 Å². The van der Waals surface area contributed by atoms with E-state index in [1.807, 2.05) is 0 Å². The van der Waals surface area contributed by atoms with E-state index < -0.39 is 6.43 Å². The van der Waals surface area contributed by atoms with Crippen molar-refractivity contribution < 1.29 is 8.78 Å². The van der Waals surface area contributed by atoms with Crippen molar-refractivity contribution in [1.29, 1.82) is 0 Å². The summed E-state index contributed by atoms with van der Waals surface area (Å²) in [5, 5.41) is 4.21. The fourth-order valence-corrected chi connectivity index (χ4v) is 1.32. The third-order valence-electron chi connectivity index (χ3n) is 1.45. The molecule has 0 aliphatic heterocycles. The van der Waals surface area contributed by atoms with E-state index in [1.165, 1.54) is 4.90 Å². The van der Waals surface area contributed by atoms with Gasteiger partial charge in [-0.25, -0.2) is 8.78 Å². The summed E-state index contributed by atoms with van der Waals surface area (Å²) in [6.45, 7) is 0.0314. The van der Waals surface area contributed by atoms with Gasteiger partial charge in [0.05, 0.1) is 6.54 Å². The molecule has 4 nitrogen and oxygen atoms in total. The van der Waals surface area contributed by atoms with Crippen LogP contribution < -0.4 is 5.73 Å². The molecule has 1 rings (SSSR count). The van der Waals surface area contributed by atoms with E-state index >= 15 is 0 Å². The zero-order chi connectivity index (χ0) is 9.84. The highest BCUT2D eigenvalue weighted by Crippen LogP contribution is 2.14. The summed E-state index contributed by atoms with van der Waals surface area (Å²) in [4.78, 5) is 1.46. The van der Waals surface area contributed by atoms with E-state index in [0.29, 0.717) is 17.2 Å². The fraction of sp³-hybridized carbons (Fsp3) is 0.667. The molecule has 0 saturated carbocycles. The van der Waals surface area contributed by atoms with Crippen LogP contribution in [0.2, 0.25) is 0 Å². The van der Waals surface area contributed by atoms with Crippen molar-refractivity contribution in [2.24, 2.45) is 0 Å². The lowest BCUT2D eigenvalue weighted by Crippen LogP contribution is -2.24. The second kappa shape index (κ2) is 4.43. The number of rotatable bonds is 4. The van der Waals surface area contributed by atoms with Crippen molar-refractivity contribution >= 4 is 16.5 Å². The lowest BCUT2D eigenvalue weighted by atomic mass is 10.4. The Balaban J connectivity index is 2.45. The first-order chi connectivity index (χ1) is 6.09. The average molecular weight is 208 g/mol. The summed E-state index contributed by atoms with van der Waals surface area (Å²) in [5.74, 6) is 0. The van der Waals surface area contributed by atoms with Crippen molar-refractivity contribution in [3.05, 3.63) is 5.69 Å². The summed E-state index contributed by atoms with van der Waals surface area (Å²) < 4.78 is 27.4. The molecule has 0 fully saturated rings. The van der Waals surface area contributed by atoms with Crippen molar-refractivity contribution in [2.75, 3.05) is 19.3 Å². The van der Waals surface area contributed by atoms with Gasteiger partial charge in [-0.1, -0.05) is 4.49 Å². The van der Waals surface area contributed by atoms with E-state index in [-0.39, 0.29) is 6.54 Å². The molecule has 0 radical (unpaired) electrons. The molecule has 0 atom stereocenters. The molecular weight excluding hydrogens is 198 g/mol. The molecule has 0 unspecified atom stereocenters. The Bertz CT molecular complexity index is 265. The minimum atomic E-state index is -2.34. The van der Waals surface area contributed by atoms with Crippen molar-refractivity contribution in [3.63, 3.8) is 0 Å². The third kappa shape index (κ3) is 3.19. The predicted molar refractivity (Wildman–Crippen MR) is 46.7 cm³/mol. The molecule has 1 aromatic heterocycles. The van der Waals surface area contributed by atoms with E-state index in [2.05, 4.69) is 9.59 Å². The maximum atomic E-state index is 11.9. The summed E-state index contributed by atoms with van der Waals surface area (Å²) in [6.07, 6.45) is -2.34. The Morgan fingerprint density at radius 1 is 1.62 bits per heavy atom. The number of nitrogens with zero attached hydrogens (tertiary/aromatic N) is 3.